The molecule has 1 amide bonds. The maximum Gasteiger partial charge on any atom is 0.233 e. The molecule has 1 aliphatic heterocycles. The standard InChI is InChI=1S/C22H24FN3O2/c1-15-24-10-7-19(25-15)20(27)12-16-4-3-8-22(14-16)9-11-26(21(22)28)18-6-2-5-17(23)13-18/h2,5-7,10,13,16H,3-4,8-9,11-12,14H2,1H3/t16-,22+/m1/s1. The van der Waals surface area contributed by atoms with Crippen LogP contribution < -0.4 is 4.90 Å². The van der Waals surface area contributed by atoms with Crippen molar-refractivity contribution in [2.24, 2.45) is 11.3 Å². The summed E-state index contributed by atoms with van der Waals surface area (Å²) in [6.07, 6.45) is 6.22. The normalized spacial score (nSPS) is 24.7. The van der Waals surface area contributed by atoms with Gasteiger partial charge in [-0.25, -0.2) is 14.4 Å². The van der Waals surface area contributed by atoms with Crippen LogP contribution in [-0.4, -0.2) is 28.2 Å². The van der Waals surface area contributed by atoms with E-state index in [2.05, 4.69) is 9.97 Å². The molecule has 146 valence electrons. The molecule has 28 heavy (non-hydrogen) atoms. The fraction of sp³-hybridized carbons (Fsp3) is 0.455. The summed E-state index contributed by atoms with van der Waals surface area (Å²) < 4.78 is 13.6. The lowest BCUT2D eigenvalue weighted by Gasteiger charge is -2.36. The number of aromatic nitrogens is 2. The largest absolute Gasteiger partial charge is 0.312 e. The number of benzene rings is 1. The predicted octanol–water partition coefficient (Wildman–Crippen LogP) is 4.11. The first kappa shape index (κ1) is 18.7. The number of amides is 1. The molecule has 0 radical (unpaired) electrons. The van der Waals surface area contributed by atoms with Crippen LogP contribution in [0.1, 0.15) is 54.8 Å². The second-order valence-corrected chi connectivity index (χ2v) is 8.05. The van der Waals surface area contributed by atoms with E-state index in [1.54, 1.807) is 36.2 Å². The lowest BCUT2D eigenvalue weighted by Crippen LogP contribution is -2.38. The third kappa shape index (κ3) is 3.55. The summed E-state index contributed by atoms with van der Waals surface area (Å²) in [6, 6.07) is 7.87. The number of halogens is 1. The SMILES string of the molecule is Cc1nccc(C(=O)C[C@H]2CCC[C@]3(CCN(c4cccc(F)c4)C3=O)C2)n1. The highest BCUT2D eigenvalue weighted by Crippen LogP contribution is 2.48. The highest BCUT2D eigenvalue weighted by molar-refractivity contribution is 6.00. The van der Waals surface area contributed by atoms with E-state index in [-0.39, 0.29) is 23.4 Å². The highest BCUT2D eigenvalue weighted by Gasteiger charge is 2.49. The molecule has 2 fully saturated rings. The van der Waals surface area contributed by atoms with Gasteiger partial charge in [-0.05, 0) is 62.8 Å². The average molecular weight is 381 g/mol. The van der Waals surface area contributed by atoms with Gasteiger partial charge in [0.05, 0.1) is 5.41 Å². The maximum atomic E-state index is 13.6. The van der Waals surface area contributed by atoms with Crippen LogP contribution in [0.3, 0.4) is 0 Å². The monoisotopic (exact) mass is 381 g/mol. The Morgan fingerprint density at radius 1 is 1.32 bits per heavy atom. The van der Waals surface area contributed by atoms with Crippen molar-refractivity contribution >= 4 is 17.4 Å². The Hall–Kier alpha value is -2.63. The number of Topliss-reactive ketones (excluding diaryl/α,β-unsaturated/α-hetero) is 1. The summed E-state index contributed by atoms with van der Waals surface area (Å²) in [5.74, 6) is 0.516. The molecule has 6 heteroatoms. The number of carbonyl (C=O) groups is 2. The molecular formula is C22H24FN3O2. The van der Waals surface area contributed by atoms with Crippen LogP contribution in [0, 0.1) is 24.1 Å². The number of rotatable bonds is 4. The van der Waals surface area contributed by atoms with Gasteiger partial charge in [-0.1, -0.05) is 12.5 Å². The van der Waals surface area contributed by atoms with E-state index in [1.807, 2.05) is 0 Å². The van der Waals surface area contributed by atoms with E-state index >= 15 is 0 Å². The van der Waals surface area contributed by atoms with Gasteiger partial charge < -0.3 is 4.90 Å². The molecule has 1 aromatic carbocycles. The van der Waals surface area contributed by atoms with Gasteiger partial charge in [-0.3, -0.25) is 9.59 Å². The Morgan fingerprint density at radius 3 is 2.96 bits per heavy atom. The maximum absolute atomic E-state index is 13.6. The van der Waals surface area contributed by atoms with E-state index in [1.165, 1.54) is 12.1 Å². The summed E-state index contributed by atoms with van der Waals surface area (Å²) in [7, 11) is 0. The van der Waals surface area contributed by atoms with E-state index in [0.717, 1.165) is 25.7 Å². The molecule has 2 aliphatic rings. The van der Waals surface area contributed by atoms with Crippen molar-refractivity contribution in [2.45, 2.75) is 45.4 Å². The van der Waals surface area contributed by atoms with Crippen molar-refractivity contribution < 1.29 is 14.0 Å². The van der Waals surface area contributed by atoms with Gasteiger partial charge in [0, 0.05) is 24.8 Å². The number of aryl methyl sites for hydroxylation is 1. The summed E-state index contributed by atoms with van der Waals surface area (Å²) in [5, 5.41) is 0. The quantitative estimate of drug-likeness (QED) is 0.748. The van der Waals surface area contributed by atoms with Crippen molar-refractivity contribution in [3.8, 4) is 0 Å². The van der Waals surface area contributed by atoms with E-state index in [0.29, 0.717) is 36.6 Å². The van der Waals surface area contributed by atoms with Gasteiger partial charge in [0.15, 0.2) is 5.78 Å². The average Bonchev–Trinajstić information content (AvgIpc) is 2.97. The number of hydrogen-bond acceptors (Lipinski definition) is 4. The molecule has 2 heterocycles. The summed E-state index contributed by atoms with van der Waals surface area (Å²) in [4.78, 5) is 35.9. The first-order chi connectivity index (χ1) is 13.5. The minimum Gasteiger partial charge on any atom is -0.312 e. The molecule has 2 atom stereocenters. The first-order valence-corrected chi connectivity index (χ1v) is 9.87. The Morgan fingerprint density at radius 2 is 2.18 bits per heavy atom. The van der Waals surface area contributed by atoms with Gasteiger partial charge >= 0.3 is 0 Å². The second kappa shape index (κ2) is 7.41. The number of nitrogens with zero attached hydrogens (tertiary/aromatic N) is 3. The third-order valence-corrected chi connectivity index (χ3v) is 6.12. The van der Waals surface area contributed by atoms with Crippen molar-refractivity contribution in [3.05, 3.63) is 53.9 Å². The minimum absolute atomic E-state index is 0.0139. The van der Waals surface area contributed by atoms with Crippen LogP contribution in [0.2, 0.25) is 0 Å². The van der Waals surface area contributed by atoms with Gasteiger partial charge in [0.2, 0.25) is 5.91 Å². The zero-order chi connectivity index (χ0) is 19.7. The van der Waals surface area contributed by atoms with Crippen molar-refractivity contribution in [3.63, 3.8) is 0 Å². The number of carbonyl (C=O) groups excluding carboxylic acids is 2. The Bertz CT molecular complexity index is 916. The van der Waals surface area contributed by atoms with Gasteiger partial charge in [0.1, 0.15) is 17.3 Å². The lowest BCUT2D eigenvalue weighted by atomic mass is 9.67. The molecule has 0 unspecified atom stereocenters. The molecule has 0 N–H and O–H groups in total. The number of anilines is 1. The zero-order valence-corrected chi connectivity index (χ0v) is 16.0. The van der Waals surface area contributed by atoms with Crippen LogP contribution in [-0.2, 0) is 4.79 Å². The summed E-state index contributed by atoms with van der Waals surface area (Å²) in [6.45, 7) is 2.37. The fourth-order valence-corrected chi connectivity index (χ4v) is 4.77. The molecule has 1 spiro atoms. The molecule has 1 saturated heterocycles. The predicted molar refractivity (Wildman–Crippen MR) is 103 cm³/mol. The van der Waals surface area contributed by atoms with Crippen LogP contribution in [0.4, 0.5) is 10.1 Å². The van der Waals surface area contributed by atoms with E-state index < -0.39 is 5.41 Å². The van der Waals surface area contributed by atoms with Crippen molar-refractivity contribution in [2.75, 3.05) is 11.4 Å². The van der Waals surface area contributed by atoms with Crippen LogP contribution in [0.25, 0.3) is 0 Å². The van der Waals surface area contributed by atoms with E-state index in [9.17, 15) is 14.0 Å². The van der Waals surface area contributed by atoms with Gasteiger partial charge in [0.25, 0.3) is 0 Å². The highest BCUT2D eigenvalue weighted by atomic mass is 19.1. The van der Waals surface area contributed by atoms with Gasteiger partial charge in [-0.2, -0.15) is 0 Å². The smallest absolute Gasteiger partial charge is 0.233 e. The molecule has 2 aromatic rings. The number of hydrogen-bond donors (Lipinski definition) is 0. The molecule has 1 aliphatic carbocycles. The number of ketones is 1. The third-order valence-electron chi connectivity index (χ3n) is 6.12. The van der Waals surface area contributed by atoms with E-state index in [4.69, 9.17) is 0 Å². The minimum atomic E-state index is -0.420. The second-order valence-electron chi connectivity index (χ2n) is 8.05. The van der Waals surface area contributed by atoms with Gasteiger partial charge in [-0.15, -0.1) is 0 Å². The Kier molecular flexibility index (Phi) is 4.96. The molecule has 0 bridgehead atoms. The molecule has 4 rings (SSSR count). The van der Waals surface area contributed by atoms with Crippen molar-refractivity contribution in [1.82, 2.24) is 9.97 Å². The van der Waals surface area contributed by atoms with Crippen LogP contribution >= 0.6 is 0 Å². The summed E-state index contributed by atoms with van der Waals surface area (Å²) in [5.41, 5.74) is 0.652. The first-order valence-electron chi connectivity index (χ1n) is 9.87. The lowest BCUT2D eigenvalue weighted by molar-refractivity contribution is -0.128. The fourth-order valence-electron chi connectivity index (χ4n) is 4.77. The topological polar surface area (TPSA) is 63.2 Å². The molecule has 5 nitrogen and oxygen atoms in total. The Labute approximate surface area is 164 Å². The van der Waals surface area contributed by atoms with Crippen LogP contribution in [0.15, 0.2) is 36.5 Å². The summed E-state index contributed by atoms with van der Waals surface area (Å²) >= 11 is 0. The van der Waals surface area contributed by atoms with Crippen LogP contribution in [0.5, 0.6) is 0 Å². The molecule has 1 aromatic heterocycles. The Balaban J connectivity index is 1.47. The molecule has 1 saturated carbocycles. The van der Waals surface area contributed by atoms with Crippen molar-refractivity contribution in [1.29, 1.82) is 0 Å². The zero-order valence-electron chi connectivity index (χ0n) is 16.0. The molecular weight excluding hydrogens is 357 g/mol.